The number of fused-ring (bicyclic) bond motifs is 1. The topological polar surface area (TPSA) is 71.4 Å². The van der Waals surface area contributed by atoms with E-state index in [-0.39, 0.29) is 11.4 Å². The fraction of sp³-hybridized carbons (Fsp3) is 0.138. The van der Waals surface area contributed by atoms with Gasteiger partial charge in [0.25, 0.3) is 11.1 Å². The first kappa shape index (κ1) is 26.6. The minimum Gasteiger partial charge on any atom is -0.342 e. The molecule has 2 heterocycles. The zero-order valence-corrected chi connectivity index (χ0v) is 22.3. The molecule has 0 unspecified atom stereocenters. The Morgan fingerprint density at radius 1 is 1.05 bits per heavy atom. The van der Waals surface area contributed by atoms with Crippen LogP contribution >= 0.6 is 23.4 Å². The number of halogens is 3. The molecule has 1 saturated heterocycles. The highest BCUT2D eigenvalue weighted by Crippen LogP contribution is 2.35. The van der Waals surface area contributed by atoms with Gasteiger partial charge in [-0.2, -0.15) is 0 Å². The van der Waals surface area contributed by atoms with Crippen molar-refractivity contribution in [1.82, 2.24) is 9.47 Å². The third-order valence-corrected chi connectivity index (χ3v) is 7.64. The number of imide groups is 1. The maximum atomic E-state index is 14.6. The second-order valence-electron chi connectivity index (χ2n) is 8.90. The number of carbonyl (C=O) groups is 3. The Labute approximate surface area is 232 Å². The van der Waals surface area contributed by atoms with Crippen molar-refractivity contribution in [1.29, 1.82) is 0 Å². The van der Waals surface area contributed by atoms with Crippen LogP contribution in [0.3, 0.4) is 0 Å². The van der Waals surface area contributed by atoms with Gasteiger partial charge in [-0.3, -0.25) is 19.3 Å². The largest absolute Gasteiger partial charge is 0.342 e. The molecule has 1 fully saturated rings. The summed E-state index contributed by atoms with van der Waals surface area (Å²) >= 11 is 7.04. The summed E-state index contributed by atoms with van der Waals surface area (Å²) in [6.45, 7) is 1.72. The molecule has 10 heteroatoms. The number of para-hydroxylation sites is 1. The predicted molar refractivity (Wildman–Crippen MR) is 150 cm³/mol. The fourth-order valence-electron chi connectivity index (χ4n) is 4.50. The van der Waals surface area contributed by atoms with E-state index in [0.29, 0.717) is 21.8 Å². The molecule has 1 N–H and O–H groups in total. The third-order valence-electron chi connectivity index (χ3n) is 6.37. The van der Waals surface area contributed by atoms with Crippen LogP contribution in [0.15, 0.2) is 71.8 Å². The summed E-state index contributed by atoms with van der Waals surface area (Å²) in [4.78, 5) is 39.2. The molecule has 4 aromatic rings. The van der Waals surface area contributed by atoms with E-state index in [0.717, 1.165) is 39.5 Å². The molecule has 6 nitrogen and oxygen atoms in total. The monoisotopic (exact) mass is 565 g/mol. The fourth-order valence-corrected chi connectivity index (χ4v) is 5.55. The number of hydrogen-bond acceptors (Lipinski definition) is 4. The molecule has 3 amide bonds. The number of aryl methyl sites for hydroxylation is 1. The van der Waals surface area contributed by atoms with Crippen LogP contribution in [0, 0.1) is 11.6 Å². The number of nitrogens with one attached hydrogen (secondary N) is 1. The quantitative estimate of drug-likeness (QED) is 0.249. The molecule has 0 radical (unpaired) electrons. The first-order valence-corrected chi connectivity index (χ1v) is 13.3. The lowest BCUT2D eigenvalue weighted by atomic mass is 10.1. The van der Waals surface area contributed by atoms with Crippen LogP contribution in [-0.4, -0.2) is 33.1 Å². The number of aromatic nitrogens is 1. The van der Waals surface area contributed by atoms with Gasteiger partial charge in [0.15, 0.2) is 0 Å². The molecule has 0 atom stereocenters. The molecule has 5 rings (SSSR count). The number of benzene rings is 3. The van der Waals surface area contributed by atoms with Gasteiger partial charge in [0, 0.05) is 33.4 Å². The molecule has 1 aliphatic rings. The molecule has 39 heavy (non-hydrogen) atoms. The molecule has 0 aliphatic carbocycles. The van der Waals surface area contributed by atoms with Crippen molar-refractivity contribution >= 4 is 63.1 Å². The van der Waals surface area contributed by atoms with Gasteiger partial charge in [0.1, 0.15) is 18.2 Å². The van der Waals surface area contributed by atoms with Gasteiger partial charge in [-0.15, -0.1) is 0 Å². The Morgan fingerprint density at radius 2 is 1.79 bits per heavy atom. The van der Waals surface area contributed by atoms with Crippen molar-refractivity contribution < 1.29 is 23.2 Å². The SMILES string of the molecule is CCc1cccc2c(/C=C3\SC(=O)N(CC(=O)Nc4ccc(F)cc4)C3=O)cn(Cc3c(F)cccc3Cl)c12. The summed E-state index contributed by atoms with van der Waals surface area (Å²) in [5.74, 6) is -2.05. The Balaban J connectivity index is 1.44. The Bertz CT molecular complexity index is 1630. The number of rotatable bonds is 7. The van der Waals surface area contributed by atoms with E-state index in [1.165, 1.54) is 30.3 Å². The van der Waals surface area contributed by atoms with E-state index >= 15 is 0 Å². The molecule has 0 bridgehead atoms. The summed E-state index contributed by atoms with van der Waals surface area (Å²) in [6, 6.07) is 15.5. The summed E-state index contributed by atoms with van der Waals surface area (Å²) in [5, 5.41) is 3.12. The van der Waals surface area contributed by atoms with Crippen molar-refractivity contribution in [3.8, 4) is 0 Å². The van der Waals surface area contributed by atoms with Crippen LogP contribution in [0.4, 0.5) is 19.3 Å². The third kappa shape index (κ3) is 5.46. The normalized spacial score (nSPS) is 14.6. The van der Waals surface area contributed by atoms with Gasteiger partial charge in [-0.05, 0) is 66.2 Å². The molecule has 0 spiro atoms. The maximum absolute atomic E-state index is 14.6. The van der Waals surface area contributed by atoms with Crippen molar-refractivity contribution in [2.75, 3.05) is 11.9 Å². The number of carbonyl (C=O) groups excluding carboxylic acids is 3. The summed E-state index contributed by atoms with van der Waals surface area (Å²) in [5.41, 5.74) is 3.28. The highest BCUT2D eigenvalue weighted by molar-refractivity contribution is 8.18. The summed E-state index contributed by atoms with van der Waals surface area (Å²) in [6.07, 6.45) is 4.15. The Kier molecular flexibility index (Phi) is 7.54. The van der Waals surface area contributed by atoms with Crippen LogP contribution in [-0.2, 0) is 22.6 Å². The average Bonchev–Trinajstić information content (AvgIpc) is 3.39. The van der Waals surface area contributed by atoms with Crippen molar-refractivity contribution in [3.05, 3.63) is 105 Å². The second-order valence-corrected chi connectivity index (χ2v) is 10.3. The van der Waals surface area contributed by atoms with Crippen molar-refractivity contribution in [2.24, 2.45) is 0 Å². The highest BCUT2D eigenvalue weighted by Gasteiger charge is 2.36. The lowest BCUT2D eigenvalue weighted by Crippen LogP contribution is -2.36. The van der Waals surface area contributed by atoms with Gasteiger partial charge in [-0.25, -0.2) is 8.78 Å². The number of nitrogens with zero attached hydrogens (tertiary/aromatic N) is 2. The van der Waals surface area contributed by atoms with Crippen LogP contribution in [0.5, 0.6) is 0 Å². The molecule has 0 saturated carbocycles. The van der Waals surface area contributed by atoms with E-state index in [2.05, 4.69) is 5.32 Å². The summed E-state index contributed by atoms with van der Waals surface area (Å²) < 4.78 is 29.6. The van der Waals surface area contributed by atoms with Crippen LogP contribution in [0.25, 0.3) is 17.0 Å². The van der Waals surface area contributed by atoms with Crippen LogP contribution in [0.1, 0.15) is 23.6 Å². The van der Waals surface area contributed by atoms with E-state index in [9.17, 15) is 23.2 Å². The van der Waals surface area contributed by atoms with Crippen LogP contribution in [0.2, 0.25) is 5.02 Å². The standard InChI is InChI=1S/C29H22ClF2N3O3S/c1-2-17-5-3-6-21-18(14-34(27(17)21)15-22-23(30)7-4-8-24(22)32)13-25-28(37)35(29(38)39-25)16-26(36)33-20-11-9-19(31)10-12-20/h3-14H,2,15-16H2,1H3,(H,33,36)/b25-13-. The van der Waals surface area contributed by atoms with Crippen molar-refractivity contribution in [3.63, 3.8) is 0 Å². The number of thioether (sulfide) groups is 1. The second kappa shape index (κ2) is 11.0. The van der Waals surface area contributed by atoms with E-state index in [1.54, 1.807) is 18.2 Å². The first-order valence-electron chi connectivity index (χ1n) is 12.1. The smallest absolute Gasteiger partial charge is 0.294 e. The Hall–Kier alpha value is -3.95. The van der Waals surface area contributed by atoms with E-state index < -0.39 is 35.2 Å². The molecule has 198 valence electrons. The van der Waals surface area contributed by atoms with Gasteiger partial charge in [0.05, 0.1) is 17.0 Å². The minimum atomic E-state index is -0.594. The number of amides is 3. The zero-order valence-electron chi connectivity index (χ0n) is 20.7. The lowest BCUT2D eigenvalue weighted by molar-refractivity contribution is -0.127. The van der Waals surface area contributed by atoms with Gasteiger partial charge in [0.2, 0.25) is 5.91 Å². The zero-order chi connectivity index (χ0) is 27.7. The van der Waals surface area contributed by atoms with Gasteiger partial charge < -0.3 is 9.88 Å². The molecule has 3 aromatic carbocycles. The van der Waals surface area contributed by atoms with Gasteiger partial charge in [-0.1, -0.05) is 42.8 Å². The van der Waals surface area contributed by atoms with E-state index in [1.807, 2.05) is 35.9 Å². The lowest BCUT2D eigenvalue weighted by Gasteiger charge is -2.12. The number of hydrogen-bond donors (Lipinski definition) is 1. The maximum Gasteiger partial charge on any atom is 0.294 e. The Morgan fingerprint density at radius 3 is 2.51 bits per heavy atom. The van der Waals surface area contributed by atoms with Crippen LogP contribution < -0.4 is 5.32 Å². The van der Waals surface area contributed by atoms with Gasteiger partial charge >= 0.3 is 0 Å². The molecular formula is C29H22ClF2N3O3S. The number of anilines is 1. The predicted octanol–water partition coefficient (Wildman–Crippen LogP) is 6.86. The minimum absolute atomic E-state index is 0.166. The molecular weight excluding hydrogens is 544 g/mol. The summed E-state index contributed by atoms with van der Waals surface area (Å²) in [7, 11) is 0. The average molecular weight is 566 g/mol. The van der Waals surface area contributed by atoms with Crippen molar-refractivity contribution in [2.45, 2.75) is 19.9 Å². The van der Waals surface area contributed by atoms with E-state index in [4.69, 9.17) is 11.6 Å². The molecule has 1 aliphatic heterocycles. The first-order chi connectivity index (χ1) is 18.7. The molecule has 1 aromatic heterocycles. The highest BCUT2D eigenvalue weighted by atomic mass is 35.5.